The molecule has 0 radical (unpaired) electrons. The lowest BCUT2D eigenvalue weighted by atomic mass is 9.74. The van der Waals surface area contributed by atoms with E-state index in [0.717, 1.165) is 33.2 Å². The number of anilines is 1. The minimum Gasteiger partial charge on any atom is -0.493 e. The van der Waals surface area contributed by atoms with Gasteiger partial charge in [0.15, 0.2) is 22.4 Å². The van der Waals surface area contributed by atoms with E-state index < -0.39 is 5.92 Å². The first-order valence-corrected chi connectivity index (χ1v) is 12.8. The van der Waals surface area contributed by atoms with Gasteiger partial charge in [-0.1, -0.05) is 39.4 Å². The normalized spacial score (nSPS) is 17.8. The molecule has 1 aromatic heterocycles. The number of dihydropyridines is 1. The third-order valence-corrected chi connectivity index (χ3v) is 7.76. The first kappa shape index (κ1) is 23.6. The number of amides is 1. The Morgan fingerprint density at radius 2 is 2.03 bits per heavy atom. The van der Waals surface area contributed by atoms with Crippen molar-refractivity contribution in [2.24, 2.45) is 0 Å². The van der Waals surface area contributed by atoms with E-state index in [0.29, 0.717) is 45.5 Å². The van der Waals surface area contributed by atoms with Gasteiger partial charge in [0.1, 0.15) is 0 Å². The second kappa shape index (κ2) is 9.47. The van der Waals surface area contributed by atoms with E-state index in [1.165, 1.54) is 11.3 Å². The molecule has 1 aliphatic heterocycles. The number of Topliss-reactive ketones (excluding diaryl/α,β-unsaturated/α-hetero) is 1. The number of fused-ring (bicyclic) bond motifs is 1. The molecule has 2 aliphatic rings. The van der Waals surface area contributed by atoms with Gasteiger partial charge in [0.25, 0.3) is 5.91 Å². The number of ketones is 1. The highest BCUT2D eigenvalue weighted by Crippen LogP contribution is 2.47. The van der Waals surface area contributed by atoms with E-state index in [2.05, 4.69) is 31.5 Å². The Hall–Kier alpha value is -3.17. The van der Waals surface area contributed by atoms with Crippen LogP contribution in [0.2, 0.25) is 0 Å². The van der Waals surface area contributed by atoms with Crippen LogP contribution in [0.15, 0.2) is 63.4 Å². The molecule has 2 heterocycles. The number of rotatable bonds is 5. The van der Waals surface area contributed by atoms with E-state index in [1.54, 1.807) is 20.3 Å². The van der Waals surface area contributed by atoms with Crippen molar-refractivity contribution in [1.29, 1.82) is 0 Å². The van der Waals surface area contributed by atoms with E-state index >= 15 is 0 Å². The Bertz CT molecular complexity index is 1430. The maximum absolute atomic E-state index is 13.8. The van der Waals surface area contributed by atoms with Gasteiger partial charge in [-0.15, -0.1) is 0 Å². The summed E-state index contributed by atoms with van der Waals surface area (Å²) in [4.78, 5) is 31.6. The highest BCUT2D eigenvalue weighted by Gasteiger charge is 2.40. The fraction of sp³-hybridized carbons (Fsp3) is 0.269. The average molecular weight is 554 g/mol. The molecule has 9 heteroatoms. The van der Waals surface area contributed by atoms with Crippen molar-refractivity contribution >= 4 is 54.3 Å². The molecule has 0 saturated carbocycles. The smallest absolute Gasteiger partial charge is 0.256 e. The lowest BCUT2D eigenvalue weighted by molar-refractivity contribution is -0.116. The SMILES string of the molecule is COc1cccc([C@H]2C(C(=O)Nc3nc4ccc(Br)cc4s3)=C(C)NC3=C2C(=O)CCC3)c1OC. The van der Waals surface area contributed by atoms with Crippen molar-refractivity contribution in [2.75, 3.05) is 19.5 Å². The van der Waals surface area contributed by atoms with Crippen LogP contribution in [0.3, 0.4) is 0 Å². The maximum atomic E-state index is 13.8. The Morgan fingerprint density at radius 3 is 2.80 bits per heavy atom. The predicted molar refractivity (Wildman–Crippen MR) is 140 cm³/mol. The van der Waals surface area contributed by atoms with Gasteiger partial charge in [-0.2, -0.15) is 0 Å². The molecule has 1 atom stereocenters. The predicted octanol–water partition coefficient (Wildman–Crippen LogP) is 5.68. The number of para-hydroxylation sites is 1. The van der Waals surface area contributed by atoms with Crippen LogP contribution < -0.4 is 20.1 Å². The zero-order valence-corrected chi connectivity index (χ0v) is 21.9. The molecule has 2 aromatic carbocycles. The summed E-state index contributed by atoms with van der Waals surface area (Å²) < 4.78 is 13.1. The Kier molecular flexibility index (Phi) is 6.37. The standard InChI is InChI=1S/C26H24BrN3O4S/c1-13-21(25(32)30-26-29-16-11-10-14(27)12-20(16)35-26)22(23-17(28-13)7-5-8-18(23)31)15-6-4-9-19(33-2)24(15)34-3/h4,6,9-12,22,28H,5,7-8H2,1-3H3,(H,29,30,32)/t22-/m0/s1. The lowest BCUT2D eigenvalue weighted by Gasteiger charge is -2.35. The minimum absolute atomic E-state index is 0.0382. The topological polar surface area (TPSA) is 89.5 Å². The molecule has 0 spiro atoms. The summed E-state index contributed by atoms with van der Waals surface area (Å²) in [5.74, 6) is 0.190. The molecule has 0 bridgehead atoms. The Balaban J connectivity index is 1.61. The second-order valence-corrected chi connectivity index (χ2v) is 10.4. The van der Waals surface area contributed by atoms with Crippen LogP contribution in [-0.2, 0) is 9.59 Å². The highest BCUT2D eigenvalue weighted by atomic mass is 79.9. The molecule has 35 heavy (non-hydrogen) atoms. The molecule has 1 aliphatic carbocycles. The van der Waals surface area contributed by atoms with Crippen LogP contribution in [-0.4, -0.2) is 30.9 Å². The van der Waals surface area contributed by atoms with E-state index in [-0.39, 0.29) is 11.7 Å². The molecule has 1 amide bonds. The van der Waals surface area contributed by atoms with Crippen molar-refractivity contribution in [2.45, 2.75) is 32.1 Å². The summed E-state index contributed by atoms with van der Waals surface area (Å²) in [6.45, 7) is 1.87. The van der Waals surface area contributed by atoms with E-state index in [9.17, 15) is 9.59 Å². The number of methoxy groups -OCH3 is 2. The van der Waals surface area contributed by atoms with Gasteiger partial charge in [0.2, 0.25) is 0 Å². The van der Waals surface area contributed by atoms with Crippen molar-refractivity contribution in [3.63, 3.8) is 0 Å². The first-order chi connectivity index (χ1) is 16.9. The molecule has 0 unspecified atom stereocenters. The molecule has 180 valence electrons. The third-order valence-electron chi connectivity index (χ3n) is 6.34. The zero-order valence-electron chi connectivity index (χ0n) is 19.5. The number of aromatic nitrogens is 1. The molecular weight excluding hydrogens is 530 g/mol. The van der Waals surface area contributed by atoms with Crippen LogP contribution in [0.1, 0.15) is 37.7 Å². The summed E-state index contributed by atoms with van der Waals surface area (Å²) in [7, 11) is 3.14. The number of nitrogens with one attached hydrogen (secondary N) is 2. The minimum atomic E-state index is -0.590. The number of halogens is 1. The Morgan fingerprint density at radius 1 is 1.20 bits per heavy atom. The molecule has 0 saturated heterocycles. The van der Waals surface area contributed by atoms with Crippen molar-refractivity contribution in [3.05, 3.63) is 69.0 Å². The van der Waals surface area contributed by atoms with Crippen molar-refractivity contribution < 1.29 is 19.1 Å². The number of benzene rings is 2. The number of allylic oxidation sites excluding steroid dienone is 3. The number of hydrogen-bond acceptors (Lipinski definition) is 7. The van der Waals surface area contributed by atoms with Crippen LogP contribution >= 0.6 is 27.3 Å². The largest absolute Gasteiger partial charge is 0.493 e. The average Bonchev–Trinajstić information content (AvgIpc) is 3.23. The molecule has 7 nitrogen and oxygen atoms in total. The van der Waals surface area contributed by atoms with E-state index in [4.69, 9.17) is 9.47 Å². The van der Waals surface area contributed by atoms with E-state index in [1.807, 2.05) is 37.3 Å². The number of ether oxygens (including phenoxy) is 2. The summed E-state index contributed by atoms with van der Waals surface area (Å²) in [5, 5.41) is 6.82. The maximum Gasteiger partial charge on any atom is 0.256 e. The second-order valence-electron chi connectivity index (χ2n) is 8.43. The van der Waals surface area contributed by atoms with Gasteiger partial charge in [0.05, 0.1) is 30.4 Å². The first-order valence-electron chi connectivity index (χ1n) is 11.2. The number of carbonyl (C=O) groups is 2. The summed E-state index contributed by atoms with van der Waals surface area (Å²) in [6.07, 6.45) is 1.98. The monoisotopic (exact) mass is 553 g/mol. The van der Waals surface area contributed by atoms with Crippen molar-refractivity contribution in [1.82, 2.24) is 10.3 Å². The quantitative estimate of drug-likeness (QED) is 0.422. The molecule has 0 fully saturated rings. The molecule has 3 aromatic rings. The number of nitrogens with zero attached hydrogens (tertiary/aromatic N) is 1. The third kappa shape index (κ3) is 4.23. The highest BCUT2D eigenvalue weighted by molar-refractivity contribution is 9.10. The van der Waals surface area contributed by atoms with Gasteiger partial charge in [-0.05, 0) is 44.0 Å². The van der Waals surface area contributed by atoms with Crippen LogP contribution in [0.4, 0.5) is 5.13 Å². The fourth-order valence-corrected chi connectivity index (χ4v) is 6.26. The number of thiazole rings is 1. The van der Waals surface area contributed by atoms with Gasteiger partial charge in [-0.25, -0.2) is 4.98 Å². The Labute approximate surface area is 215 Å². The van der Waals surface area contributed by atoms with Gasteiger partial charge >= 0.3 is 0 Å². The number of carbonyl (C=O) groups excluding carboxylic acids is 2. The lowest BCUT2D eigenvalue weighted by Crippen LogP contribution is -2.35. The fourth-order valence-electron chi connectivity index (χ4n) is 4.85. The summed E-state index contributed by atoms with van der Waals surface area (Å²) in [6, 6.07) is 11.3. The van der Waals surface area contributed by atoms with Crippen LogP contribution in [0.5, 0.6) is 11.5 Å². The summed E-state index contributed by atoms with van der Waals surface area (Å²) in [5.41, 5.74) is 4.18. The molecular formula is C26H24BrN3O4S. The van der Waals surface area contributed by atoms with Crippen molar-refractivity contribution in [3.8, 4) is 11.5 Å². The molecule has 2 N–H and O–H groups in total. The zero-order chi connectivity index (χ0) is 24.7. The van der Waals surface area contributed by atoms with Crippen LogP contribution in [0, 0.1) is 0 Å². The van der Waals surface area contributed by atoms with Crippen LogP contribution in [0.25, 0.3) is 10.2 Å². The van der Waals surface area contributed by atoms with Gasteiger partial charge in [0, 0.05) is 39.0 Å². The number of hydrogen-bond donors (Lipinski definition) is 2. The molecule has 5 rings (SSSR count). The summed E-state index contributed by atoms with van der Waals surface area (Å²) >= 11 is 4.88. The van der Waals surface area contributed by atoms with Gasteiger partial charge < -0.3 is 14.8 Å². The van der Waals surface area contributed by atoms with Gasteiger partial charge in [-0.3, -0.25) is 14.9 Å².